The highest BCUT2D eigenvalue weighted by Crippen LogP contribution is 2.34. The van der Waals surface area contributed by atoms with Gasteiger partial charge in [-0.2, -0.15) is 10.1 Å². The van der Waals surface area contributed by atoms with Crippen LogP contribution in [0.2, 0.25) is 5.15 Å². The van der Waals surface area contributed by atoms with Crippen LogP contribution in [0.1, 0.15) is 30.7 Å². The van der Waals surface area contributed by atoms with E-state index in [-0.39, 0.29) is 17.9 Å². The van der Waals surface area contributed by atoms with Gasteiger partial charge >= 0.3 is 0 Å². The van der Waals surface area contributed by atoms with Gasteiger partial charge in [-0.1, -0.05) is 25.4 Å². The van der Waals surface area contributed by atoms with Crippen molar-refractivity contribution in [2.24, 2.45) is 5.92 Å². The molecule has 3 aromatic rings. The van der Waals surface area contributed by atoms with Crippen molar-refractivity contribution in [2.45, 2.75) is 39.9 Å². The summed E-state index contributed by atoms with van der Waals surface area (Å²) in [6.45, 7) is 7.05. The van der Waals surface area contributed by atoms with Crippen LogP contribution < -0.4 is 15.5 Å². The van der Waals surface area contributed by atoms with E-state index in [4.69, 9.17) is 11.6 Å². The van der Waals surface area contributed by atoms with E-state index in [1.165, 1.54) is 0 Å². The zero-order valence-electron chi connectivity index (χ0n) is 17.9. The van der Waals surface area contributed by atoms with Crippen LogP contribution in [-0.2, 0) is 17.9 Å². The number of aryl methyl sites for hydroxylation is 1. The molecule has 9 nitrogen and oxygen atoms in total. The Hall–Kier alpha value is -3.20. The smallest absolute Gasteiger partial charge is 0.247 e. The number of hydrogen-bond acceptors (Lipinski definition) is 7. The predicted octanol–water partition coefficient (Wildman–Crippen LogP) is 3.10. The summed E-state index contributed by atoms with van der Waals surface area (Å²) in [4.78, 5) is 27.6. The summed E-state index contributed by atoms with van der Waals surface area (Å²) in [5, 5.41) is 11.1. The Morgan fingerprint density at radius 1 is 1.29 bits per heavy atom. The fourth-order valence-electron chi connectivity index (χ4n) is 3.79. The first kappa shape index (κ1) is 21.0. The Bertz CT molecular complexity index is 1110. The standard InChI is InChI=1S/C21H25ClN8O/c1-12(2)18-20(31)27-17-13(3)26-21(28-19(17)29(18)4)24-8-15-9-25-30(11-15)10-14-5-6-23-16(22)7-14/h5-7,9,11-12,18H,8,10H2,1-4H3,(H,27,31)(H,24,26,28)/t18-/m0/s1. The van der Waals surface area contributed by atoms with Gasteiger partial charge in [0.1, 0.15) is 16.9 Å². The van der Waals surface area contributed by atoms with E-state index in [1.807, 2.05) is 61.9 Å². The number of carbonyl (C=O) groups is 1. The van der Waals surface area contributed by atoms with Crippen molar-refractivity contribution in [1.29, 1.82) is 0 Å². The van der Waals surface area contributed by atoms with E-state index >= 15 is 0 Å². The van der Waals surface area contributed by atoms with Crippen molar-refractivity contribution >= 4 is 35.0 Å². The van der Waals surface area contributed by atoms with E-state index < -0.39 is 0 Å². The van der Waals surface area contributed by atoms with Crippen molar-refractivity contribution in [3.63, 3.8) is 0 Å². The highest BCUT2D eigenvalue weighted by Gasteiger charge is 2.35. The molecular formula is C21H25ClN8O. The lowest BCUT2D eigenvalue weighted by Crippen LogP contribution is -2.49. The molecule has 0 bridgehead atoms. The van der Waals surface area contributed by atoms with E-state index in [2.05, 4.69) is 30.7 Å². The SMILES string of the molecule is Cc1nc(NCc2cnn(Cc3ccnc(Cl)c3)c2)nc2c1NC(=O)[C@H](C(C)C)N2C. The zero-order chi connectivity index (χ0) is 22.1. The summed E-state index contributed by atoms with van der Waals surface area (Å²) in [7, 11) is 1.90. The third-order valence-corrected chi connectivity index (χ3v) is 5.45. The number of amides is 1. The summed E-state index contributed by atoms with van der Waals surface area (Å²) in [6, 6.07) is 3.47. The van der Waals surface area contributed by atoms with Crippen LogP contribution in [0.15, 0.2) is 30.7 Å². The maximum Gasteiger partial charge on any atom is 0.247 e. The molecular weight excluding hydrogens is 416 g/mol. The van der Waals surface area contributed by atoms with Crippen molar-refractivity contribution in [2.75, 3.05) is 22.6 Å². The minimum atomic E-state index is -0.269. The summed E-state index contributed by atoms with van der Waals surface area (Å²) >= 11 is 5.95. The maximum absolute atomic E-state index is 12.5. The van der Waals surface area contributed by atoms with E-state index in [0.29, 0.717) is 29.9 Å². The highest BCUT2D eigenvalue weighted by molar-refractivity contribution is 6.29. The summed E-state index contributed by atoms with van der Waals surface area (Å²) in [6.07, 6.45) is 5.46. The molecule has 1 atom stereocenters. The molecule has 10 heteroatoms. The van der Waals surface area contributed by atoms with E-state index in [0.717, 1.165) is 22.6 Å². The van der Waals surface area contributed by atoms with Gasteiger partial charge in [-0.25, -0.2) is 9.97 Å². The number of aromatic nitrogens is 5. The molecule has 0 fully saturated rings. The molecule has 0 aromatic carbocycles. The molecule has 0 unspecified atom stereocenters. The molecule has 0 aliphatic carbocycles. The second-order valence-corrected chi connectivity index (χ2v) is 8.39. The first-order valence-electron chi connectivity index (χ1n) is 10.1. The molecule has 1 amide bonds. The molecule has 1 aliphatic heterocycles. The fourth-order valence-corrected chi connectivity index (χ4v) is 3.98. The van der Waals surface area contributed by atoms with Gasteiger partial charge in [0, 0.05) is 31.5 Å². The Balaban J connectivity index is 1.47. The van der Waals surface area contributed by atoms with Crippen molar-refractivity contribution in [3.8, 4) is 0 Å². The van der Waals surface area contributed by atoms with Gasteiger partial charge in [-0.3, -0.25) is 9.48 Å². The quantitative estimate of drug-likeness (QED) is 0.568. The largest absolute Gasteiger partial charge is 0.350 e. The van der Waals surface area contributed by atoms with Crippen LogP contribution in [0, 0.1) is 12.8 Å². The van der Waals surface area contributed by atoms with Gasteiger partial charge in [0.15, 0.2) is 5.82 Å². The molecule has 4 rings (SSSR count). The monoisotopic (exact) mass is 440 g/mol. The molecule has 162 valence electrons. The number of rotatable bonds is 6. The number of halogens is 1. The molecule has 0 spiro atoms. The predicted molar refractivity (Wildman–Crippen MR) is 120 cm³/mol. The number of anilines is 3. The molecule has 0 saturated carbocycles. The Kier molecular flexibility index (Phi) is 5.77. The Morgan fingerprint density at radius 2 is 2.10 bits per heavy atom. The van der Waals surface area contributed by atoms with Gasteiger partial charge < -0.3 is 15.5 Å². The Labute approximate surface area is 185 Å². The lowest BCUT2D eigenvalue weighted by Gasteiger charge is -2.36. The second-order valence-electron chi connectivity index (χ2n) is 8.01. The molecule has 2 N–H and O–H groups in total. The Morgan fingerprint density at radius 3 is 2.84 bits per heavy atom. The minimum Gasteiger partial charge on any atom is -0.350 e. The lowest BCUT2D eigenvalue weighted by molar-refractivity contribution is -0.118. The average molecular weight is 441 g/mol. The topological polar surface area (TPSA) is 101 Å². The van der Waals surface area contributed by atoms with Gasteiger partial charge in [-0.05, 0) is 30.5 Å². The fraction of sp³-hybridized carbons (Fsp3) is 0.381. The summed E-state index contributed by atoms with van der Waals surface area (Å²) in [5.41, 5.74) is 3.42. The van der Waals surface area contributed by atoms with Gasteiger partial charge in [-0.15, -0.1) is 0 Å². The van der Waals surface area contributed by atoms with Gasteiger partial charge in [0.25, 0.3) is 0 Å². The van der Waals surface area contributed by atoms with Crippen LogP contribution in [-0.4, -0.2) is 43.7 Å². The number of fused-ring (bicyclic) bond motifs is 1. The molecule has 0 radical (unpaired) electrons. The number of carbonyl (C=O) groups excluding carboxylic acids is 1. The first-order valence-corrected chi connectivity index (χ1v) is 10.5. The normalized spacial score (nSPS) is 15.7. The average Bonchev–Trinajstić information content (AvgIpc) is 3.14. The van der Waals surface area contributed by atoms with Crippen LogP contribution in [0.4, 0.5) is 17.5 Å². The third-order valence-electron chi connectivity index (χ3n) is 5.24. The first-order chi connectivity index (χ1) is 14.8. The van der Waals surface area contributed by atoms with Crippen LogP contribution in [0.5, 0.6) is 0 Å². The third kappa shape index (κ3) is 4.46. The van der Waals surface area contributed by atoms with Crippen LogP contribution in [0.25, 0.3) is 0 Å². The summed E-state index contributed by atoms with van der Waals surface area (Å²) < 4.78 is 1.85. The molecule has 3 aromatic heterocycles. The van der Waals surface area contributed by atoms with Crippen molar-refractivity contribution in [3.05, 3.63) is 52.7 Å². The molecule has 4 heterocycles. The highest BCUT2D eigenvalue weighted by atomic mass is 35.5. The number of hydrogen-bond donors (Lipinski definition) is 2. The summed E-state index contributed by atoms with van der Waals surface area (Å²) in [5.74, 6) is 1.36. The van der Waals surface area contributed by atoms with Crippen LogP contribution >= 0.6 is 11.6 Å². The number of likely N-dealkylation sites (N-methyl/N-ethyl adjacent to an activating group) is 1. The van der Waals surface area contributed by atoms with Crippen LogP contribution in [0.3, 0.4) is 0 Å². The zero-order valence-corrected chi connectivity index (χ0v) is 18.7. The number of nitrogens with zero attached hydrogens (tertiary/aromatic N) is 6. The lowest BCUT2D eigenvalue weighted by atomic mass is 9.99. The minimum absolute atomic E-state index is 0.0275. The molecule has 31 heavy (non-hydrogen) atoms. The van der Waals surface area contributed by atoms with E-state index in [1.54, 1.807) is 6.20 Å². The van der Waals surface area contributed by atoms with Gasteiger partial charge in [0.2, 0.25) is 11.9 Å². The number of pyridine rings is 1. The van der Waals surface area contributed by atoms with Crippen molar-refractivity contribution in [1.82, 2.24) is 24.7 Å². The van der Waals surface area contributed by atoms with E-state index in [9.17, 15) is 4.79 Å². The van der Waals surface area contributed by atoms with Gasteiger partial charge in [0.05, 0.1) is 18.4 Å². The second kappa shape index (κ2) is 8.50. The number of nitrogens with one attached hydrogen (secondary N) is 2. The van der Waals surface area contributed by atoms with Crippen molar-refractivity contribution < 1.29 is 4.79 Å². The maximum atomic E-state index is 12.5. The molecule has 1 aliphatic rings. The molecule has 0 saturated heterocycles.